The van der Waals surface area contributed by atoms with Crippen LogP contribution in [-0.2, 0) is 11.2 Å². The van der Waals surface area contributed by atoms with Crippen molar-refractivity contribution in [2.75, 3.05) is 6.26 Å². The summed E-state index contributed by atoms with van der Waals surface area (Å²) in [4.78, 5) is 11.4. The van der Waals surface area contributed by atoms with Gasteiger partial charge in [0.1, 0.15) is 0 Å². The summed E-state index contributed by atoms with van der Waals surface area (Å²) in [5.41, 5.74) is 5.09. The summed E-state index contributed by atoms with van der Waals surface area (Å²) in [7, 11) is 0. The van der Waals surface area contributed by atoms with Crippen LogP contribution in [-0.4, -0.2) is 22.6 Å². The van der Waals surface area contributed by atoms with E-state index in [9.17, 15) is 4.79 Å². The van der Waals surface area contributed by atoms with Crippen LogP contribution < -0.4 is 5.48 Å². The Hall–Kier alpha value is -2.22. The maximum Gasteiger partial charge on any atom is 0.256 e. The van der Waals surface area contributed by atoms with Crippen molar-refractivity contribution >= 4 is 17.7 Å². The highest BCUT2D eigenvalue weighted by Gasteiger charge is 2.15. The van der Waals surface area contributed by atoms with Gasteiger partial charge in [0.15, 0.2) is 0 Å². The smallest absolute Gasteiger partial charge is 0.256 e. The fourth-order valence-corrected chi connectivity index (χ4v) is 3.35. The molecule has 0 heterocycles. The molecule has 0 saturated heterocycles. The summed E-state index contributed by atoms with van der Waals surface area (Å²) in [5.74, 6) is 6.06. The number of aryl methyl sites for hydroxylation is 1. The zero-order valence-corrected chi connectivity index (χ0v) is 17.9. The molecule has 150 valence electrons. The van der Waals surface area contributed by atoms with Gasteiger partial charge < -0.3 is 0 Å². The highest BCUT2D eigenvalue weighted by molar-refractivity contribution is 7.99. The zero-order valence-electron chi connectivity index (χ0n) is 17.1. The maximum atomic E-state index is 11.4. The lowest BCUT2D eigenvalue weighted by Gasteiger charge is -2.11. The third-order valence-electron chi connectivity index (χ3n) is 4.20. The van der Waals surface area contributed by atoms with Gasteiger partial charge in [-0.2, -0.15) is 11.8 Å². The van der Waals surface area contributed by atoms with Crippen LogP contribution in [0.3, 0.4) is 0 Å². The molecule has 0 aliphatic rings. The Labute approximate surface area is 173 Å². The molecule has 2 aromatic carbocycles. The van der Waals surface area contributed by atoms with Crippen LogP contribution >= 0.6 is 11.8 Å². The summed E-state index contributed by atoms with van der Waals surface area (Å²) < 4.78 is 0. The topological polar surface area (TPSA) is 49.3 Å². The monoisotopic (exact) mass is 397 g/mol. The average molecular weight is 398 g/mol. The van der Waals surface area contributed by atoms with Crippen molar-refractivity contribution in [3.63, 3.8) is 0 Å². The molecule has 28 heavy (non-hydrogen) atoms. The number of carbonyl (C=O) groups excluding carboxylic acids is 1. The standard InChI is InChI=1S/C22H25NO2S.C2H6/c1-26-21(22(24)23-25)11-7-3-6-10-19-13-16-20(17-14-19)15-12-18-8-4-2-5-9-18;1-2/h2,4-5,8-9,13-14,16-17,21,25H,3,6-7,10-11H2,1H3,(H,23,24);1-2H3. The second-order valence-electron chi connectivity index (χ2n) is 6.11. The van der Waals surface area contributed by atoms with Crippen LogP contribution in [0.5, 0.6) is 0 Å². The van der Waals surface area contributed by atoms with Gasteiger partial charge in [0, 0.05) is 11.1 Å². The number of hydrogen-bond acceptors (Lipinski definition) is 3. The van der Waals surface area contributed by atoms with E-state index in [-0.39, 0.29) is 11.2 Å². The minimum absolute atomic E-state index is 0.164. The lowest BCUT2D eigenvalue weighted by atomic mass is 10.0. The van der Waals surface area contributed by atoms with Gasteiger partial charge in [-0.25, -0.2) is 5.48 Å². The first-order valence-corrected chi connectivity index (χ1v) is 11.1. The highest BCUT2D eigenvalue weighted by atomic mass is 32.2. The van der Waals surface area contributed by atoms with E-state index in [4.69, 9.17) is 5.21 Å². The van der Waals surface area contributed by atoms with E-state index in [1.807, 2.05) is 50.4 Å². The molecule has 1 unspecified atom stereocenters. The Morgan fingerprint density at radius 1 is 0.964 bits per heavy atom. The van der Waals surface area contributed by atoms with Crippen molar-refractivity contribution in [2.45, 2.75) is 51.2 Å². The van der Waals surface area contributed by atoms with Gasteiger partial charge in [-0.05, 0) is 55.3 Å². The van der Waals surface area contributed by atoms with E-state index in [0.29, 0.717) is 0 Å². The number of hydroxylamine groups is 1. The van der Waals surface area contributed by atoms with Crippen LogP contribution in [0, 0.1) is 11.8 Å². The fraction of sp³-hybridized carbons (Fsp3) is 0.375. The third kappa shape index (κ3) is 9.12. The molecule has 0 radical (unpaired) electrons. The molecule has 0 aromatic heterocycles. The lowest BCUT2D eigenvalue weighted by Crippen LogP contribution is -2.29. The number of unbranched alkanes of at least 4 members (excludes halogenated alkanes) is 2. The predicted octanol–water partition coefficient (Wildman–Crippen LogP) is 5.45. The van der Waals surface area contributed by atoms with Gasteiger partial charge in [0.2, 0.25) is 0 Å². The number of thioether (sulfide) groups is 1. The molecule has 0 aliphatic heterocycles. The molecule has 2 aromatic rings. The van der Waals surface area contributed by atoms with Crippen LogP contribution in [0.4, 0.5) is 0 Å². The molecule has 4 heteroatoms. The van der Waals surface area contributed by atoms with Gasteiger partial charge in [-0.3, -0.25) is 10.0 Å². The van der Waals surface area contributed by atoms with E-state index < -0.39 is 0 Å². The first-order chi connectivity index (χ1) is 13.7. The quantitative estimate of drug-likeness (QED) is 0.269. The number of carbonyl (C=O) groups is 1. The molecule has 0 spiro atoms. The Morgan fingerprint density at radius 2 is 1.57 bits per heavy atom. The Balaban J connectivity index is 0.00000190. The Bertz CT molecular complexity index is 733. The number of benzene rings is 2. The van der Waals surface area contributed by atoms with Gasteiger partial charge >= 0.3 is 0 Å². The minimum atomic E-state index is -0.301. The minimum Gasteiger partial charge on any atom is -0.289 e. The van der Waals surface area contributed by atoms with E-state index in [1.54, 1.807) is 5.48 Å². The van der Waals surface area contributed by atoms with Crippen molar-refractivity contribution in [1.29, 1.82) is 0 Å². The highest BCUT2D eigenvalue weighted by Crippen LogP contribution is 2.16. The molecule has 1 atom stereocenters. The molecule has 2 N–H and O–H groups in total. The zero-order chi connectivity index (χ0) is 20.6. The summed E-state index contributed by atoms with van der Waals surface area (Å²) in [5, 5.41) is 8.53. The first kappa shape index (κ1) is 23.8. The Kier molecular flexibility index (Phi) is 12.6. The molecule has 0 saturated carbocycles. The second-order valence-corrected chi connectivity index (χ2v) is 7.15. The largest absolute Gasteiger partial charge is 0.289 e. The summed E-state index contributed by atoms with van der Waals surface area (Å²) >= 11 is 1.48. The lowest BCUT2D eigenvalue weighted by molar-refractivity contribution is -0.128. The predicted molar refractivity (Wildman–Crippen MR) is 120 cm³/mol. The third-order valence-corrected chi connectivity index (χ3v) is 5.22. The van der Waals surface area contributed by atoms with Crippen molar-refractivity contribution in [3.8, 4) is 11.8 Å². The van der Waals surface area contributed by atoms with E-state index >= 15 is 0 Å². The average Bonchev–Trinajstić information content (AvgIpc) is 2.77. The van der Waals surface area contributed by atoms with Crippen LogP contribution in [0.15, 0.2) is 54.6 Å². The second kappa shape index (κ2) is 14.8. The van der Waals surface area contributed by atoms with Gasteiger partial charge in [0.05, 0.1) is 5.25 Å². The summed E-state index contributed by atoms with van der Waals surface area (Å²) in [6.45, 7) is 4.00. The van der Waals surface area contributed by atoms with Crippen molar-refractivity contribution in [1.82, 2.24) is 5.48 Å². The Morgan fingerprint density at radius 3 is 2.14 bits per heavy atom. The van der Waals surface area contributed by atoms with Crippen molar-refractivity contribution in [2.24, 2.45) is 0 Å². The summed E-state index contributed by atoms with van der Waals surface area (Å²) in [6.07, 6.45) is 6.87. The molecule has 1 amide bonds. The summed E-state index contributed by atoms with van der Waals surface area (Å²) in [6, 6.07) is 18.4. The molecule has 0 bridgehead atoms. The number of amides is 1. The van der Waals surface area contributed by atoms with Crippen LogP contribution in [0.25, 0.3) is 0 Å². The maximum absolute atomic E-state index is 11.4. The van der Waals surface area contributed by atoms with Crippen LogP contribution in [0.1, 0.15) is 56.2 Å². The molecule has 0 aliphatic carbocycles. The van der Waals surface area contributed by atoms with Gasteiger partial charge in [-0.15, -0.1) is 0 Å². The van der Waals surface area contributed by atoms with Crippen molar-refractivity contribution in [3.05, 3.63) is 71.3 Å². The fourth-order valence-electron chi connectivity index (χ4n) is 2.68. The number of rotatable bonds is 8. The SMILES string of the molecule is CC.CSC(CCCCCc1ccc(C#Cc2ccccc2)cc1)C(=O)NO. The number of nitrogens with one attached hydrogen (secondary N) is 1. The van der Waals surface area contributed by atoms with E-state index in [0.717, 1.165) is 43.2 Å². The molecular weight excluding hydrogens is 366 g/mol. The van der Waals surface area contributed by atoms with Gasteiger partial charge in [-0.1, -0.05) is 68.9 Å². The number of hydrogen-bond donors (Lipinski definition) is 2. The molecule has 0 fully saturated rings. The molecular formula is C24H31NO2S. The molecule has 3 nitrogen and oxygen atoms in total. The molecule has 2 rings (SSSR count). The van der Waals surface area contributed by atoms with E-state index in [2.05, 4.69) is 36.1 Å². The van der Waals surface area contributed by atoms with Crippen LogP contribution in [0.2, 0.25) is 0 Å². The van der Waals surface area contributed by atoms with Crippen molar-refractivity contribution < 1.29 is 10.0 Å². The normalized spacial score (nSPS) is 10.7. The van der Waals surface area contributed by atoms with E-state index in [1.165, 1.54) is 17.3 Å². The van der Waals surface area contributed by atoms with Gasteiger partial charge in [0.25, 0.3) is 5.91 Å². The first-order valence-electron chi connectivity index (χ1n) is 9.85.